The Morgan fingerprint density at radius 3 is 1.16 bits per heavy atom. The largest absolute Gasteiger partial charge is 0.573 e. The van der Waals surface area contributed by atoms with Crippen LogP contribution in [0.2, 0.25) is 20.1 Å². The van der Waals surface area contributed by atoms with Crippen molar-refractivity contribution in [1.82, 2.24) is 39.9 Å². The number of carbonyl (C=O) groups excluding carboxylic acids is 4. The number of nitrogen functional groups attached to an aromatic ring is 6. The molecule has 6 heterocycles. The van der Waals surface area contributed by atoms with Crippen molar-refractivity contribution in [3.8, 4) is 108 Å². The number of anilines is 6. The molecular formula is C84H59Cl4F18N15O19. The van der Waals surface area contributed by atoms with Crippen LogP contribution in [-0.4, -0.2) is 161 Å². The van der Waals surface area contributed by atoms with Gasteiger partial charge in [0, 0.05) is 45.0 Å². The van der Waals surface area contributed by atoms with Crippen LogP contribution in [0.3, 0.4) is 0 Å². The first-order valence-electron chi connectivity index (χ1n) is 37.0. The number of methoxy groups -OCH3 is 6. The Kier molecular flexibility index (Phi) is 38.1. The summed E-state index contributed by atoms with van der Waals surface area (Å²) in [5.74, 6) is -17.1. The molecule has 140 heavy (non-hydrogen) atoms. The zero-order valence-electron chi connectivity index (χ0n) is 70.8. The van der Waals surface area contributed by atoms with Crippen LogP contribution in [0.1, 0.15) is 68.5 Å². The average Bonchev–Trinajstić information content (AvgIpc) is 0.780. The van der Waals surface area contributed by atoms with Gasteiger partial charge in [-0.15, -0.1) is 26.3 Å². The van der Waals surface area contributed by atoms with Gasteiger partial charge in [0.05, 0.1) is 97.8 Å². The number of pyridine rings is 4. The molecule has 56 heteroatoms. The maximum atomic E-state index is 14.4. The number of nitrogens with zero attached hydrogens (tertiary/aromatic N) is 9. The van der Waals surface area contributed by atoms with Gasteiger partial charge < -0.3 is 96.7 Å². The molecule has 12 aromatic rings. The zero-order chi connectivity index (χ0) is 105. The van der Waals surface area contributed by atoms with Gasteiger partial charge in [-0.25, -0.2) is 95.4 Å². The second kappa shape index (κ2) is 48.2. The molecule has 0 aliphatic carbocycles. The van der Waals surface area contributed by atoms with Gasteiger partial charge in [0.2, 0.25) is 5.82 Å². The van der Waals surface area contributed by atoms with Crippen LogP contribution in [0.15, 0.2) is 134 Å². The number of carbonyl (C=O) groups is 6. The van der Waals surface area contributed by atoms with E-state index in [1.165, 1.54) is 107 Å². The van der Waals surface area contributed by atoms with Crippen molar-refractivity contribution in [3.63, 3.8) is 0 Å². The van der Waals surface area contributed by atoms with E-state index in [0.717, 1.165) is 56.7 Å². The van der Waals surface area contributed by atoms with Crippen molar-refractivity contribution in [3.05, 3.63) is 240 Å². The Balaban J connectivity index is 0.000000228. The van der Waals surface area contributed by atoms with Crippen molar-refractivity contribution in [2.75, 3.05) is 77.1 Å². The van der Waals surface area contributed by atoms with Crippen LogP contribution in [0.5, 0.6) is 40.2 Å². The molecule has 0 spiro atoms. The molecule has 0 aliphatic heterocycles. The highest BCUT2D eigenvalue weighted by atomic mass is 35.5. The molecule has 6 aromatic heterocycles. The third kappa shape index (κ3) is 27.9. The highest BCUT2D eigenvalue weighted by Gasteiger charge is 2.35. The minimum absolute atomic E-state index is 0.00162. The molecule has 738 valence electrons. The number of hydrogen-bond acceptors (Lipinski definition) is 31. The number of alkyl halides is 12. The van der Waals surface area contributed by atoms with Crippen LogP contribution < -0.4 is 67.6 Å². The fraction of sp³-hybridized carbons (Fsp3) is 0.131. The molecule has 6 aromatic carbocycles. The number of ether oxygens (including phenoxy) is 11. The standard InChI is InChI=1S/C16H12FN3O2.C14H8ClF5N2O3.C14H9ClF4N2O3.C14H13F2N3O4.C13H7Cl2F3N2O3.C13H10F3N3O4/c1-4-11-13(18)12(17)14(20-15(11)16(21)22-3)9-5-7-10(19-2)8-6-9;1-24-13(23)12-6(15)10(21)9(18)11(22-12)4-2-3-5(25-14(19)20)8(17)7(4)16;1-23-13(22)12-8(15)10(20)9(17)11(21-12)6-3-2-5(4-7(6)16)24-14(18)19;1-21-10-9(13(20)22-2)18-12(19-11(10)17)7-3-5-8(6-4-7)23-14(15)16;14-7-9(19)8(15)11(12(21)22)20-10(7)5-1-3-6(4-2-5)23-13(16,17)18;1-22-9-8(12(20)21)18-11(19-10(9)17)6-2-4-7(5-3-6)23-13(14,15)16/h4-8H,1H2,3H3,(H2,18,20);2-3,14H,1H3,(H2,21,22);2-4,14H,1H3,(H2,20,21);3-6,14H,1-2H3,(H2,17,18,19);1-4H,(H2,19,20)(H,21,22);2-5H,1H3,(H,20,21)(H2,17,18,19). The number of benzene rings is 6. The predicted molar refractivity (Wildman–Crippen MR) is 462 cm³/mol. The number of carboxylic acids is 2. The summed E-state index contributed by atoms with van der Waals surface area (Å²) in [6.07, 6.45) is -8.37. The number of rotatable bonds is 23. The first-order valence-corrected chi connectivity index (χ1v) is 38.5. The van der Waals surface area contributed by atoms with E-state index in [9.17, 15) is 108 Å². The van der Waals surface area contributed by atoms with Crippen molar-refractivity contribution >= 4 is 128 Å². The number of aromatic nitrogens is 8. The van der Waals surface area contributed by atoms with Gasteiger partial charge in [0.25, 0.3) is 0 Å². The molecular weight excluding hydrogens is 2010 g/mol. The molecule has 34 nitrogen and oxygen atoms in total. The van der Waals surface area contributed by atoms with E-state index < -0.39 is 193 Å². The molecule has 0 radical (unpaired) electrons. The Labute approximate surface area is 792 Å². The first-order chi connectivity index (χ1) is 65.7. The predicted octanol–water partition coefficient (Wildman–Crippen LogP) is 19.6. The van der Waals surface area contributed by atoms with Crippen molar-refractivity contribution in [2.45, 2.75) is 32.6 Å². The molecule has 0 aliphatic rings. The number of aromatic carboxylic acids is 2. The Morgan fingerprint density at radius 2 is 0.750 bits per heavy atom. The van der Waals surface area contributed by atoms with E-state index in [1.807, 2.05) is 0 Å². The quantitative estimate of drug-likeness (QED) is 0.0128. The van der Waals surface area contributed by atoms with E-state index in [-0.39, 0.29) is 101 Å². The smallest absolute Gasteiger partial charge is 0.491 e. The average molecular weight is 2070 g/mol. The monoisotopic (exact) mass is 2060 g/mol. The maximum absolute atomic E-state index is 14.4. The number of nitrogens with two attached hydrogens (primary N) is 6. The molecule has 12 rings (SSSR count). The van der Waals surface area contributed by atoms with E-state index in [2.05, 4.69) is 93.9 Å². The minimum atomic E-state index is -4.82. The summed E-state index contributed by atoms with van der Waals surface area (Å²) in [7, 11) is 6.94. The van der Waals surface area contributed by atoms with Gasteiger partial charge in [0.15, 0.2) is 104 Å². The molecule has 0 fully saturated rings. The summed E-state index contributed by atoms with van der Waals surface area (Å²) in [6, 6.07) is 24.7. The normalized spacial score (nSPS) is 10.8. The first kappa shape index (κ1) is 110. The number of carboxylic acid groups (broad SMARTS) is 2. The topological polar surface area (TPSA) is 508 Å². The lowest BCUT2D eigenvalue weighted by Crippen LogP contribution is -2.17. The van der Waals surface area contributed by atoms with Crippen LogP contribution in [0, 0.1) is 41.5 Å². The van der Waals surface area contributed by atoms with E-state index >= 15 is 0 Å². The zero-order valence-corrected chi connectivity index (χ0v) is 73.8. The molecule has 0 bridgehead atoms. The summed E-state index contributed by atoms with van der Waals surface area (Å²) in [6.45, 7) is 0.950. The van der Waals surface area contributed by atoms with E-state index in [0.29, 0.717) is 28.9 Å². The van der Waals surface area contributed by atoms with Crippen molar-refractivity contribution in [2.24, 2.45) is 0 Å². The molecule has 0 saturated heterocycles. The lowest BCUT2D eigenvalue weighted by Gasteiger charge is -2.12. The number of hydrogen-bond donors (Lipinski definition) is 8. The van der Waals surface area contributed by atoms with E-state index in [1.54, 1.807) is 0 Å². The SMILES string of the molecule is COC(=O)c1nc(-c2ccc(OC(F)F)c(F)c2F)c(F)c(N)c1Cl.COC(=O)c1nc(-c2ccc(OC(F)F)cc2)nc(N)c1OC.COC(=O)c1nc(-c2ccc(OC(F)F)cc2F)c(F)c(N)c1Cl.COc1c(N)nc(-c2ccc(OC(F)(F)F)cc2)nc1C(=O)O.Nc1c(Cl)c(C(=O)O)nc(-c2ccc(OC(F)(F)F)cc2)c1Cl.[C-]#[N+]c1ccc(-c2nc(C(=O)OC)c(C=C)c(N)c2F)cc1. The Hall–Kier alpha value is -16.6. The van der Waals surface area contributed by atoms with Crippen molar-refractivity contribution < 1.29 is 170 Å². The van der Waals surface area contributed by atoms with Gasteiger partial charge >= 0.3 is 68.4 Å². The van der Waals surface area contributed by atoms with Gasteiger partial charge in [-0.2, -0.15) is 30.7 Å². The van der Waals surface area contributed by atoms with Gasteiger partial charge in [-0.3, -0.25) is 0 Å². The molecule has 14 N–H and O–H groups in total. The van der Waals surface area contributed by atoms with Gasteiger partial charge in [-0.1, -0.05) is 83.3 Å². The molecule has 0 saturated carbocycles. The third-order valence-corrected chi connectivity index (χ3v) is 18.7. The lowest BCUT2D eigenvalue weighted by atomic mass is 10.0. The molecule has 0 unspecified atom stereocenters. The second-order valence-electron chi connectivity index (χ2n) is 25.8. The Bertz CT molecular complexity index is 6700. The molecule has 0 amide bonds. The summed E-state index contributed by atoms with van der Waals surface area (Å²) in [5, 5.41) is 16.6. The van der Waals surface area contributed by atoms with Gasteiger partial charge in [0.1, 0.15) is 45.9 Å². The Morgan fingerprint density at radius 1 is 0.393 bits per heavy atom. The number of esters is 4. The lowest BCUT2D eigenvalue weighted by molar-refractivity contribution is -0.275. The summed E-state index contributed by atoms with van der Waals surface area (Å²) in [4.78, 5) is 103. The van der Waals surface area contributed by atoms with Crippen molar-refractivity contribution in [1.29, 1.82) is 0 Å². The van der Waals surface area contributed by atoms with Crippen LogP contribution in [-0.2, 0) is 18.9 Å². The highest BCUT2D eigenvalue weighted by molar-refractivity contribution is 6.42. The minimum Gasteiger partial charge on any atom is -0.491 e. The summed E-state index contributed by atoms with van der Waals surface area (Å²) in [5.41, 5.74) is 28.5. The maximum Gasteiger partial charge on any atom is 0.573 e. The van der Waals surface area contributed by atoms with Crippen LogP contribution in [0.4, 0.5) is 119 Å². The number of halogens is 22. The third-order valence-electron chi connectivity index (χ3n) is 17.1. The molecule has 0 atom stereocenters. The summed E-state index contributed by atoms with van der Waals surface area (Å²) < 4.78 is 278. The van der Waals surface area contributed by atoms with Crippen LogP contribution >= 0.6 is 46.4 Å². The van der Waals surface area contributed by atoms with Crippen LogP contribution in [0.25, 0.3) is 78.7 Å². The summed E-state index contributed by atoms with van der Waals surface area (Å²) >= 11 is 23.1. The second-order valence-corrected chi connectivity index (χ2v) is 27.3. The highest BCUT2D eigenvalue weighted by Crippen LogP contribution is 2.42. The fourth-order valence-corrected chi connectivity index (χ4v) is 11.8. The van der Waals surface area contributed by atoms with E-state index in [4.69, 9.17) is 107 Å². The fourth-order valence-electron chi connectivity index (χ4n) is 10.9. The van der Waals surface area contributed by atoms with Gasteiger partial charge in [-0.05, 0) is 97.1 Å².